The first-order chi connectivity index (χ1) is 14.4. The molecule has 1 aliphatic heterocycles. The van der Waals surface area contributed by atoms with Gasteiger partial charge in [-0.15, -0.1) is 0 Å². The Bertz CT molecular complexity index is 1060. The molecule has 4 heterocycles. The highest BCUT2D eigenvalue weighted by Gasteiger charge is 2.35. The number of aromatic nitrogens is 5. The van der Waals surface area contributed by atoms with Gasteiger partial charge in [-0.25, -0.2) is 9.67 Å². The normalized spacial score (nSPS) is 18.9. The lowest BCUT2D eigenvalue weighted by Crippen LogP contribution is -2.46. The van der Waals surface area contributed by atoms with Crippen molar-refractivity contribution >= 4 is 23.3 Å². The van der Waals surface area contributed by atoms with Crippen molar-refractivity contribution in [3.8, 4) is 5.82 Å². The molecule has 0 bridgehead atoms. The number of amides is 2. The molecule has 30 heavy (non-hydrogen) atoms. The highest BCUT2D eigenvalue weighted by molar-refractivity contribution is 6.39. The van der Waals surface area contributed by atoms with Crippen molar-refractivity contribution in [1.29, 1.82) is 0 Å². The number of piperidine rings is 1. The zero-order chi connectivity index (χ0) is 21.3. The number of carbonyl (C=O) groups is 2. The van der Waals surface area contributed by atoms with Gasteiger partial charge in [0.1, 0.15) is 11.6 Å². The molecule has 1 aliphatic rings. The molecule has 3 aromatic rings. The molecule has 156 valence electrons. The summed E-state index contributed by atoms with van der Waals surface area (Å²) in [7, 11) is 0. The van der Waals surface area contributed by atoms with Crippen LogP contribution < -0.4 is 11.1 Å². The second-order valence-corrected chi connectivity index (χ2v) is 7.66. The number of carbonyl (C=O) groups excluding carboxylic acids is 2. The van der Waals surface area contributed by atoms with Crippen molar-refractivity contribution < 1.29 is 9.59 Å². The van der Waals surface area contributed by atoms with Gasteiger partial charge < -0.3 is 16.0 Å². The van der Waals surface area contributed by atoms with Crippen molar-refractivity contribution in [1.82, 2.24) is 29.9 Å². The number of anilines is 2. The molecule has 3 aromatic heterocycles. The number of nitrogens with one attached hydrogen (secondary N) is 2. The van der Waals surface area contributed by atoms with Crippen molar-refractivity contribution in [3.05, 3.63) is 48.0 Å². The predicted molar refractivity (Wildman–Crippen MR) is 111 cm³/mol. The van der Waals surface area contributed by atoms with Crippen LogP contribution in [0.25, 0.3) is 5.82 Å². The maximum atomic E-state index is 13.0. The number of H-pyrrole nitrogens is 1. The van der Waals surface area contributed by atoms with Crippen LogP contribution >= 0.6 is 0 Å². The highest BCUT2D eigenvalue weighted by Crippen LogP contribution is 2.33. The van der Waals surface area contributed by atoms with Crippen LogP contribution in [0.3, 0.4) is 0 Å². The topological polar surface area (TPSA) is 135 Å². The second-order valence-electron chi connectivity index (χ2n) is 7.66. The van der Waals surface area contributed by atoms with E-state index in [0.29, 0.717) is 24.0 Å². The van der Waals surface area contributed by atoms with Crippen LogP contribution in [-0.2, 0) is 9.59 Å². The Hall–Kier alpha value is -3.69. The average Bonchev–Trinajstić information content (AvgIpc) is 3.42. The van der Waals surface area contributed by atoms with Crippen molar-refractivity contribution in [3.63, 3.8) is 0 Å². The zero-order valence-corrected chi connectivity index (χ0v) is 16.9. The quantitative estimate of drug-likeness (QED) is 0.566. The largest absolute Gasteiger partial charge is 0.383 e. The van der Waals surface area contributed by atoms with Crippen LogP contribution in [0.5, 0.6) is 0 Å². The molecule has 0 aliphatic carbocycles. The second kappa shape index (κ2) is 7.97. The van der Waals surface area contributed by atoms with Crippen molar-refractivity contribution in [2.45, 2.75) is 32.7 Å². The number of likely N-dealkylation sites (tertiary alicyclic amines) is 1. The molecule has 1 saturated heterocycles. The van der Waals surface area contributed by atoms with Gasteiger partial charge in [0, 0.05) is 18.8 Å². The van der Waals surface area contributed by atoms with E-state index < -0.39 is 11.8 Å². The van der Waals surface area contributed by atoms with Crippen LogP contribution in [0.15, 0.2) is 36.8 Å². The van der Waals surface area contributed by atoms with E-state index in [1.165, 1.54) is 6.20 Å². The maximum absolute atomic E-state index is 13.0. The van der Waals surface area contributed by atoms with E-state index >= 15 is 0 Å². The van der Waals surface area contributed by atoms with Gasteiger partial charge in [-0.05, 0) is 43.4 Å². The third-order valence-corrected chi connectivity index (χ3v) is 5.33. The highest BCUT2D eigenvalue weighted by atomic mass is 16.2. The smallest absolute Gasteiger partial charge is 0.313 e. The van der Waals surface area contributed by atoms with E-state index in [0.717, 1.165) is 29.9 Å². The summed E-state index contributed by atoms with van der Waals surface area (Å²) in [5.74, 6) is 0.127. The van der Waals surface area contributed by atoms with Crippen LogP contribution in [-0.4, -0.2) is 48.2 Å². The Morgan fingerprint density at radius 3 is 2.87 bits per heavy atom. The molecular weight excluding hydrogens is 384 g/mol. The summed E-state index contributed by atoms with van der Waals surface area (Å²) >= 11 is 0. The van der Waals surface area contributed by atoms with Gasteiger partial charge in [0.05, 0.1) is 29.8 Å². The van der Waals surface area contributed by atoms with Gasteiger partial charge >= 0.3 is 11.8 Å². The summed E-state index contributed by atoms with van der Waals surface area (Å²) in [5.41, 5.74) is 7.62. The molecule has 0 aromatic carbocycles. The predicted octanol–water partition coefficient (Wildman–Crippen LogP) is 1.82. The van der Waals surface area contributed by atoms with Gasteiger partial charge in [-0.2, -0.15) is 10.2 Å². The summed E-state index contributed by atoms with van der Waals surface area (Å²) in [6.45, 7) is 4.36. The summed E-state index contributed by atoms with van der Waals surface area (Å²) in [6.07, 6.45) is 6.59. The molecular formula is C20H24N8O2. The molecule has 10 heteroatoms. The number of aromatic amines is 1. The first-order valence-corrected chi connectivity index (χ1v) is 9.81. The Labute approximate surface area is 173 Å². The third kappa shape index (κ3) is 3.88. The number of hydrogen-bond donors (Lipinski definition) is 3. The fourth-order valence-electron chi connectivity index (χ4n) is 3.68. The van der Waals surface area contributed by atoms with Crippen LogP contribution in [0.2, 0.25) is 0 Å². The first-order valence-electron chi connectivity index (χ1n) is 9.81. The lowest BCUT2D eigenvalue weighted by molar-refractivity contribution is -0.146. The maximum Gasteiger partial charge on any atom is 0.313 e. The summed E-state index contributed by atoms with van der Waals surface area (Å²) in [4.78, 5) is 31.4. The molecule has 2 amide bonds. The number of nitrogens with zero attached hydrogens (tertiary/aromatic N) is 5. The molecule has 0 radical (unpaired) electrons. The van der Waals surface area contributed by atoms with E-state index in [1.807, 2.05) is 12.3 Å². The van der Waals surface area contributed by atoms with Gasteiger partial charge in [0.25, 0.3) is 0 Å². The van der Waals surface area contributed by atoms with E-state index in [9.17, 15) is 9.59 Å². The van der Waals surface area contributed by atoms with Gasteiger partial charge in [-0.1, -0.05) is 6.92 Å². The van der Waals surface area contributed by atoms with Crippen molar-refractivity contribution in [2.75, 3.05) is 17.6 Å². The minimum Gasteiger partial charge on any atom is -0.383 e. The minimum atomic E-state index is -0.701. The number of hydrogen-bond acceptors (Lipinski definition) is 6. The Morgan fingerprint density at radius 2 is 2.13 bits per heavy atom. The van der Waals surface area contributed by atoms with E-state index in [4.69, 9.17) is 5.73 Å². The van der Waals surface area contributed by atoms with Gasteiger partial charge in [0.2, 0.25) is 0 Å². The number of aryl methyl sites for hydroxylation is 1. The standard InChI is InChI=1S/C20H24N8O2/c1-12-3-4-16(15-6-8-28(26-15)17-5-7-23-25-17)27(11-12)20(30)19(29)24-14-9-13(2)18(21)22-10-14/h5-10,12,16H,3-4,11H2,1-2H3,(H2,21,22)(H,23,25)(H,24,29). The summed E-state index contributed by atoms with van der Waals surface area (Å²) in [5, 5.41) is 14.0. The van der Waals surface area contributed by atoms with Crippen LogP contribution in [0.1, 0.15) is 37.1 Å². The first kappa shape index (κ1) is 19.6. The lowest BCUT2D eigenvalue weighted by Gasteiger charge is -2.37. The average molecular weight is 408 g/mol. The molecule has 0 saturated carbocycles. The molecule has 4 rings (SSSR count). The molecule has 10 nitrogen and oxygen atoms in total. The number of pyridine rings is 1. The summed E-state index contributed by atoms with van der Waals surface area (Å²) < 4.78 is 1.67. The van der Waals surface area contributed by atoms with E-state index in [-0.39, 0.29) is 6.04 Å². The number of nitrogens with two attached hydrogens (primary N) is 1. The van der Waals surface area contributed by atoms with E-state index in [2.05, 4.69) is 32.5 Å². The van der Waals surface area contributed by atoms with Gasteiger partial charge in [-0.3, -0.25) is 14.7 Å². The Kier molecular flexibility index (Phi) is 5.21. The third-order valence-electron chi connectivity index (χ3n) is 5.33. The number of nitrogen functional groups attached to an aromatic ring is 1. The fraction of sp³-hybridized carbons (Fsp3) is 0.350. The number of rotatable bonds is 3. The Morgan fingerprint density at radius 1 is 1.30 bits per heavy atom. The lowest BCUT2D eigenvalue weighted by atomic mass is 9.92. The SMILES string of the molecule is Cc1cc(NC(=O)C(=O)N2CC(C)CCC2c2ccn(-c3ccn[nH]3)n2)cnc1N. The fourth-order valence-corrected chi connectivity index (χ4v) is 3.68. The monoisotopic (exact) mass is 408 g/mol. The zero-order valence-electron chi connectivity index (χ0n) is 16.9. The molecule has 2 atom stereocenters. The Balaban J connectivity index is 1.54. The van der Waals surface area contributed by atoms with Gasteiger partial charge in [0.15, 0.2) is 0 Å². The molecule has 0 spiro atoms. The minimum absolute atomic E-state index is 0.269. The van der Waals surface area contributed by atoms with E-state index in [1.54, 1.807) is 34.8 Å². The van der Waals surface area contributed by atoms with Crippen LogP contribution in [0.4, 0.5) is 11.5 Å². The van der Waals surface area contributed by atoms with Crippen LogP contribution in [0, 0.1) is 12.8 Å². The molecule has 1 fully saturated rings. The van der Waals surface area contributed by atoms with Crippen molar-refractivity contribution in [2.24, 2.45) is 5.92 Å². The molecule has 2 unspecified atom stereocenters. The molecule has 4 N–H and O–H groups in total. The summed E-state index contributed by atoms with van der Waals surface area (Å²) in [6, 6.07) is 5.09.